The third-order valence-electron chi connectivity index (χ3n) is 3.59. The maximum atomic E-state index is 12.3. The fraction of sp³-hybridized carbons (Fsp3) is 0.188. The van der Waals surface area contributed by atoms with Crippen LogP contribution in [0.2, 0.25) is 5.02 Å². The molecule has 0 spiro atoms. The highest BCUT2D eigenvalue weighted by Crippen LogP contribution is 2.29. The van der Waals surface area contributed by atoms with Crippen molar-refractivity contribution in [2.24, 2.45) is 0 Å². The van der Waals surface area contributed by atoms with Crippen molar-refractivity contribution >= 4 is 29.2 Å². The van der Waals surface area contributed by atoms with E-state index in [2.05, 4.69) is 5.32 Å². The van der Waals surface area contributed by atoms with Gasteiger partial charge in [-0.1, -0.05) is 18.5 Å². The van der Waals surface area contributed by atoms with Gasteiger partial charge in [-0.2, -0.15) is 0 Å². The first-order valence-corrected chi connectivity index (χ1v) is 7.65. The minimum Gasteiger partial charge on any atom is -0.492 e. The number of fused-ring (bicyclic) bond motifs is 1. The molecular weight excluding hydrogens is 334 g/mol. The van der Waals surface area contributed by atoms with E-state index < -0.39 is 17.4 Å². The van der Waals surface area contributed by atoms with Gasteiger partial charge in [0, 0.05) is 6.07 Å². The first-order valence-electron chi connectivity index (χ1n) is 7.28. The molecule has 0 saturated carbocycles. The van der Waals surface area contributed by atoms with Crippen molar-refractivity contribution in [3.8, 4) is 11.4 Å². The molecule has 0 bridgehead atoms. The van der Waals surface area contributed by atoms with Gasteiger partial charge >= 0.3 is 0 Å². The molecule has 1 aromatic carbocycles. The number of anilines is 1. The molecule has 0 atom stereocenters. The van der Waals surface area contributed by atoms with Gasteiger partial charge in [-0.25, -0.2) is 0 Å². The summed E-state index contributed by atoms with van der Waals surface area (Å²) < 4.78 is 6.61. The zero-order valence-electron chi connectivity index (χ0n) is 12.8. The van der Waals surface area contributed by atoms with E-state index in [0.29, 0.717) is 23.1 Å². The molecule has 3 N–H and O–H groups in total. The molecular formula is C16H14ClN3O4. The molecule has 124 valence electrons. The molecule has 8 heteroatoms. The summed E-state index contributed by atoms with van der Waals surface area (Å²) in [6.45, 7) is 2.49. The number of ether oxygens (including phenoxy) is 1. The fourth-order valence-electron chi connectivity index (χ4n) is 2.50. The number of benzene rings is 1. The minimum absolute atomic E-state index is 0.0120. The third-order valence-corrected chi connectivity index (χ3v) is 3.88. The van der Waals surface area contributed by atoms with Crippen molar-refractivity contribution in [1.82, 2.24) is 9.88 Å². The number of carbonyl (C=O) groups is 2. The Bertz CT molecular complexity index is 920. The van der Waals surface area contributed by atoms with Gasteiger partial charge in [0.1, 0.15) is 11.6 Å². The van der Waals surface area contributed by atoms with Crippen LogP contribution in [0, 0.1) is 0 Å². The summed E-state index contributed by atoms with van der Waals surface area (Å²) in [5.41, 5.74) is 5.77. The summed E-state index contributed by atoms with van der Waals surface area (Å²) in [7, 11) is 0. The zero-order chi connectivity index (χ0) is 17.4. The highest BCUT2D eigenvalue weighted by atomic mass is 35.5. The van der Waals surface area contributed by atoms with Crippen LogP contribution in [0.1, 0.15) is 34.1 Å². The van der Waals surface area contributed by atoms with Gasteiger partial charge in [-0.3, -0.25) is 24.3 Å². The summed E-state index contributed by atoms with van der Waals surface area (Å²) in [5, 5.41) is 2.43. The Kier molecular flexibility index (Phi) is 4.02. The number of imide groups is 1. The summed E-state index contributed by atoms with van der Waals surface area (Å²) >= 11 is 6.17. The summed E-state index contributed by atoms with van der Waals surface area (Å²) in [4.78, 5) is 35.8. The van der Waals surface area contributed by atoms with Crippen LogP contribution in [0.5, 0.6) is 5.75 Å². The summed E-state index contributed by atoms with van der Waals surface area (Å²) in [5.74, 6) is -0.885. The Hall–Kier alpha value is -2.80. The second kappa shape index (κ2) is 6.01. The van der Waals surface area contributed by atoms with Crippen LogP contribution < -0.4 is 21.3 Å². The maximum Gasteiger partial charge on any atom is 0.262 e. The van der Waals surface area contributed by atoms with Crippen LogP contribution in [-0.2, 0) is 0 Å². The standard InChI is InChI=1S/C16H14ClN3O4/c1-2-5-24-11-4-3-8(6-10(11)17)20-12(21)7-9-13(14(20)18)16(23)19-15(9)22/h3-4,6-7H,2,5,18H2,1H3,(H,19,22,23). The van der Waals surface area contributed by atoms with E-state index in [4.69, 9.17) is 22.1 Å². The number of hydrogen-bond acceptors (Lipinski definition) is 5. The molecule has 2 heterocycles. The smallest absolute Gasteiger partial charge is 0.262 e. The number of nitrogens with two attached hydrogens (primary N) is 1. The van der Waals surface area contributed by atoms with E-state index in [-0.39, 0.29) is 16.9 Å². The maximum absolute atomic E-state index is 12.3. The molecule has 2 amide bonds. The number of halogens is 1. The van der Waals surface area contributed by atoms with Gasteiger partial charge in [-0.15, -0.1) is 0 Å². The normalized spacial score (nSPS) is 12.9. The Balaban J connectivity index is 2.13. The van der Waals surface area contributed by atoms with Crippen LogP contribution in [0.15, 0.2) is 29.1 Å². The number of nitrogens with zero attached hydrogens (tertiary/aromatic N) is 1. The van der Waals surface area contributed by atoms with Crippen molar-refractivity contribution in [2.75, 3.05) is 12.3 Å². The van der Waals surface area contributed by atoms with Crippen molar-refractivity contribution in [2.45, 2.75) is 13.3 Å². The van der Waals surface area contributed by atoms with Crippen LogP contribution in [0.25, 0.3) is 5.69 Å². The van der Waals surface area contributed by atoms with Crippen molar-refractivity contribution in [3.05, 3.63) is 50.8 Å². The zero-order valence-corrected chi connectivity index (χ0v) is 13.5. The third kappa shape index (κ3) is 2.52. The topological polar surface area (TPSA) is 103 Å². The molecule has 0 radical (unpaired) electrons. The molecule has 24 heavy (non-hydrogen) atoms. The van der Waals surface area contributed by atoms with Gasteiger partial charge in [0.15, 0.2) is 0 Å². The number of aromatic nitrogens is 1. The van der Waals surface area contributed by atoms with E-state index >= 15 is 0 Å². The Morgan fingerprint density at radius 1 is 1.21 bits per heavy atom. The number of amides is 2. The van der Waals surface area contributed by atoms with Crippen molar-refractivity contribution < 1.29 is 14.3 Å². The number of hydrogen-bond donors (Lipinski definition) is 2. The first-order chi connectivity index (χ1) is 11.4. The number of nitrogens with one attached hydrogen (secondary N) is 1. The van der Waals surface area contributed by atoms with Gasteiger partial charge < -0.3 is 10.5 Å². The van der Waals surface area contributed by atoms with Gasteiger partial charge in [0.2, 0.25) is 0 Å². The number of carbonyl (C=O) groups excluding carboxylic acids is 2. The quantitative estimate of drug-likeness (QED) is 0.820. The molecule has 2 aromatic rings. The Morgan fingerprint density at radius 2 is 1.96 bits per heavy atom. The van der Waals surface area contributed by atoms with Crippen LogP contribution in [0.3, 0.4) is 0 Å². The lowest BCUT2D eigenvalue weighted by Gasteiger charge is -2.13. The molecule has 1 aliphatic rings. The fourth-order valence-corrected chi connectivity index (χ4v) is 2.73. The first kappa shape index (κ1) is 16.1. The molecule has 3 rings (SSSR count). The lowest BCUT2D eigenvalue weighted by molar-refractivity contribution is 0.0880. The number of nitrogen functional groups attached to an aromatic ring is 1. The van der Waals surface area contributed by atoms with Crippen LogP contribution in [-0.4, -0.2) is 23.0 Å². The van der Waals surface area contributed by atoms with Crippen molar-refractivity contribution in [1.29, 1.82) is 0 Å². The van der Waals surface area contributed by atoms with E-state index in [9.17, 15) is 14.4 Å². The average Bonchev–Trinajstić information content (AvgIpc) is 2.81. The number of rotatable bonds is 4. The molecule has 0 saturated heterocycles. The Morgan fingerprint density at radius 3 is 2.62 bits per heavy atom. The highest BCUT2D eigenvalue weighted by molar-refractivity contribution is 6.32. The van der Waals surface area contributed by atoms with Crippen LogP contribution >= 0.6 is 11.6 Å². The summed E-state index contributed by atoms with van der Waals surface area (Å²) in [6, 6.07) is 5.83. The van der Waals surface area contributed by atoms with E-state index in [1.807, 2.05) is 6.92 Å². The number of pyridine rings is 1. The predicted molar refractivity (Wildman–Crippen MR) is 89.0 cm³/mol. The second-order valence-electron chi connectivity index (χ2n) is 5.24. The van der Waals surface area contributed by atoms with E-state index in [1.165, 1.54) is 6.07 Å². The molecule has 1 aliphatic heterocycles. The van der Waals surface area contributed by atoms with E-state index in [1.54, 1.807) is 12.1 Å². The van der Waals surface area contributed by atoms with Gasteiger partial charge in [-0.05, 0) is 24.6 Å². The largest absolute Gasteiger partial charge is 0.492 e. The second-order valence-corrected chi connectivity index (χ2v) is 5.65. The van der Waals surface area contributed by atoms with E-state index in [0.717, 1.165) is 17.1 Å². The molecule has 0 aliphatic carbocycles. The molecule has 1 aromatic heterocycles. The minimum atomic E-state index is -0.632. The lowest BCUT2D eigenvalue weighted by atomic mass is 10.1. The van der Waals surface area contributed by atoms with Gasteiger partial charge in [0.25, 0.3) is 17.4 Å². The lowest BCUT2D eigenvalue weighted by Crippen LogP contribution is -2.24. The monoisotopic (exact) mass is 347 g/mol. The molecule has 7 nitrogen and oxygen atoms in total. The van der Waals surface area contributed by atoms with Crippen LogP contribution in [0.4, 0.5) is 5.82 Å². The molecule has 0 unspecified atom stereocenters. The van der Waals surface area contributed by atoms with Gasteiger partial charge in [0.05, 0.1) is 28.4 Å². The average molecular weight is 348 g/mol. The SMILES string of the molecule is CCCOc1ccc(-n2c(N)c3c(cc2=O)C(=O)NC3=O)cc1Cl. The Labute approximate surface area is 142 Å². The molecule has 0 fully saturated rings. The van der Waals surface area contributed by atoms with Crippen molar-refractivity contribution in [3.63, 3.8) is 0 Å². The highest BCUT2D eigenvalue weighted by Gasteiger charge is 2.31. The summed E-state index contributed by atoms with van der Waals surface area (Å²) in [6.07, 6.45) is 0.832. The predicted octanol–water partition coefficient (Wildman–Crippen LogP) is 1.75.